The highest BCUT2D eigenvalue weighted by Gasteiger charge is 2.42. The molecule has 1 atom stereocenters. The fourth-order valence-electron chi connectivity index (χ4n) is 3.36. The Bertz CT molecular complexity index is 1020. The van der Waals surface area contributed by atoms with E-state index in [1.165, 1.54) is 11.3 Å². The molecule has 1 aliphatic heterocycles. The van der Waals surface area contributed by atoms with Gasteiger partial charge in [-0.15, -0.1) is 11.3 Å². The minimum atomic E-state index is -3.64. The molecule has 126 valence electrons. The van der Waals surface area contributed by atoms with Gasteiger partial charge in [-0.3, -0.25) is 4.31 Å². The number of fused-ring (bicyclic) bond motifs is 1. The third kappa shape index (κ3) is 2.51. The smallest absolute Gasteiger partial charge is 0.253 e. The van der Waals surface area contributed by atoms with Crippen LogP contribution in [0.4, 0.5) is 0 Å². The number of allylic oxidation sites excluding steroid dienone is 1. The van der Waals surface area contributed by atoms with E-state index in [-0.39, 0.29) is 6.04 Å². The lowest BCUT2D eigenvalue weighted by Crippen LogP contribution is -2.29. The van der Waals surface area contributed by atoms with Gasteiger partial charge in [0.1, 0.15) is 4.21 Å². The van der Waals surface area contributed by atoms with Crippen molar-refractivity contribution in [1.82, 2.24) is 4.31 Å². The number of benzene rings is 2. The van der Waals surface area contributed by atoms with Crippen molar-refractivity contribution in [2.45, 2.75) is 17.2 Å². The highest BCUT2D eigenvalue weighted by Crippen LogP contribution is 2.48. The van der Waals surface area contributed by atoms with E-state index in [4.69, 9.17) is 0 Å². The highest BCUT2D eigenvalue weighted by atomic mass is 32.2. The Morgan fingerprint density at radius 3 is 2.36 bits per heavy atom. The highest BCUT2D eigenvalue weighted by molar-refractivity contribution is 7.91. The number of thiophene rings is 1. The molecule has 2 heterocycles. The number of hydrogen-bond acceptors (Lipinski definition) is 3. The Labute approximate surface area is 151 Å². The van der Waals surface area contributed by atoms with Crippen molar-refractivity contribution < 1.29 is 8.42 Å². The molecule has 0 spiro atoms. The molecule has 0 bridgehead atoms. The summed E-state index contributed by atoms with van der Waals surface area (Å²) in [7, 11) is -3.64. The zero-order valence-corrected chi connectivity index (χ0v) is 15.3. The van der Waals surface area contributed by atoms with Gasteiger partial charge in [0.2, 0.25) is 0 Å². The number of rotatable bonds is 3. The van der Waals surface area contributed by atoms with Gasteiger partial charge in [-0.05, 0) is 29.5 Å². The van der Waals surface area contributed by atoms with Crippen LogP contribution in [0.25, 0.3) is 5.70 Å². The first kappa shape index (κ1) is 16.1. The Hall–Kier alpha value is -2.37. The molecular weight excluding hydrogens is 350 g/mol. The summed E-state index contributed by atoms with van der Waals surface area (Å²) in [5, 5.41) is 1.79. The second kappa shape index (κ2) is 6.17. The van der Waals surface area contributed by atoms with Gasteiger partial charge in [0.15, 0.2) is 0 Å². The topological polar surface area (TPSA) is 37.4 Å². The summed E-state index contributed by atoms with van der Waals surface area (Å²) < 4.78 is 28.8. The van der Waals surface area contributed by atoms with Gasteiger partial charge in [0.25, 0.3) is 10.0 Å². The second-order valence-electron chi connectivity index (χ2n) is 5.81. The fourth-order valence-corrected chi connectivity index (χ4v) is 6.12. The number of sulfonamides is 1. The molecule has 0 aliphatic carbocycles. The van der Waals surface area contributed by atoms with E-state index in [9.17, 15) is 8.42 Å². The fraction of sp³-hybridized carbons (Fsp3) is 0.100. The summed E-state index contributed by atoms with van der Waals surface area (Å²) in [4.78, 5) is 0. The SMILES string of the molecule is C/C=C1\c2ccccc2C(c2ccccc2)N1S(=O)(=O)c1cccs1. The molecule has 0 radical (unpaired) electrons. The minimum Gasteiger partial charge on any atom is -0.253 e. The molecule has 3 nitrogen and oxygen atoms in total. The van der Waals surface area contributed by atoms with Crippen LogP contribution in [-0.2, 0) is 10.0 Å². The monoisotopic (exact) mass is 367 g/mol. The Balaban J connectivity index is 1.98. The molecule has 4 rings (SSSR count). The van der Waals surface area contributed by atoms with Gasteiger partial charge in [-0.1, -0.05) is 66.7 Å². The molecule has 3 aromatic rings. The van der Waals surface area contributed by atoms with Crippen molar-refractivity contribution >= 4 is 27.1 Å². The Morgan fingerprint density at radius 1 is 0.960 bits per heavy atom. The maximum absolute atomic E-state index is 13.4. The lowest BCUT2D eigenvalue weighted by molar-refractivity contribution is 0.482. The van der Waals surface area contributed by atoms with Gasteiger partial charge < -0.3 is 0 Å². The number of nitrogens with zero attached hydrogens (tertiary/aromatic N) is 1. The standard InChI is InChI=1S/C20H17NO2S2/c1-2-18-16-11-6-7-12-17(16)20(15-9-4-3-5-10-15)21(18)25(22,23)19-13-8-14-24-19/h2-14,20H,1H3/b18-2+. The van der Waals surface area contributed by atoms with E-state index in [1.807, 2.05) is 67.6 Å². The van der Waals surface area contributed by atoms with Gasteiger partial charge in [-0.2, -0.15) is 0 Å². The van der Waals surface area contributed by atoms with E-state index in [2.05, 4.69) is 0 Å². The van der Waals surface area contributed by atoms with Gasteiger partial charge >= 0.3 is 0 Å². The summed E-state index contributed by atoms with van der Waals surface area (Å²) in [6, 6.07) is 20.8. The largest absolute Gasteiger partial charge is 0.274 e. The van der Waals surface area contributed by atoms with Crippen LogP contribution >= 0.6 is 11.3 Å². The average molecular weight is 367 g/mol. The molecule has 5 heteroatoms. The molecule has 1 aromatic heterocycles. The molecule has 0 fully saturated rings. The molecule has 1 unspecified atom stereocenters. The third-order valence-electron chi connectivity index (χ3n) is 4.40. The summed E-state index contributed by atoms with van der Waals surface area (Å²) in [5.74, 6) is 0. The molecule has 0 amide bonds. The van der Waals surface area contributed by atoms with E-state index < -0.39 is 10.0 Å². The molecule has 2 aromatic carbocycles. The normalized spacial score (nSPS) is 18.5. The first-order valence-electron chi connectivity index (χ1n) is 8.03. The van der Waals surface area contributed by atoms with Crippen LogP contribution < -0.4 is 0 Å². The van der Waals surface area contributed by atoms with Gasteiger partial charge in [0, 0.05) is 5.56 Å². The first-order valence-corrected chi connectivity index (χ1v) is 10.3. The zero-order valence-electron chi connectivity index (χ0n) is 13.7. The Kier molecular flexibility index (Phi) is 3.98. The second-order valence-corrected chi connectivity index (χ2v) is 8.80. The summed E-state index contributed by atoms with van der Waals surface area (Å²) >= 11 is 1.25. The predicted octanol–water partition coefficient (Wildman–Crippen LogP) is 4.90. The van der Waals surface area contributed by atoms with Crippen LogP contribution in [0, 0.1) is 0 Å². The van der Waals surface area contributed by atoms with Crippen LogP contribution in [-0.4, -0.2) is 12.7 Å². The van der Waals surface area contributed by atoms with Crippen LogP contribution in [0.1, 0.15) is 29.7 Å². The zero-order chi connectivity index (χ0) is 17.4. The van der Waals surface area contributed by atoms with E-state index in [0.29, 0.717) is 4.21 Å². The molecule has 0 N–H and O–H groups in total. The molecule has 1 aliphatic rings. The van der Waals surface area contributed by atoms with Crippen LogP contribution in [0.15, 0.2) is 82.4 Å². The van der Waals surface area contributed by atoms with Crippen molar-refractivity contribution in [3.05, 3.63) is 94.9 Å². The van der Waals surface area contributed by atoms with Crippen molar-refractivity contribution in [2.75, 3.05) is 0 Å². The lowest BCUT2D eigenvalue weighted by Gasteiger charge is -2.27. The van der Waals surface area contributed by atoms with Crippen molar-refractivity contribution in [2.24, 2.45) is 0 Å². The summed E-state index contributed by atoms with van der Waals surface area (Å²) in [6.07, 6.45) is 1.88. The van der Waals surface area contributed by atoms with E-state index in [1.54, 1.807) is 21.8 Å². The first-order chi connectivity index (χ1) is 12.1. The molecule has 0 saturated carbocycles. The molecule has 25 heavy (non-hydrogen) atoms. The van der Waals surface area contributed by atoms with Crippen molar-refractivity contribution in [1.29, 1.82) is 0 Å². The maximum atomic E-state index is 13.4. The number of hydrogen-bond donors (Lipinski definition) is 0. The van der Waals surface area contributed by atoms with Crippen LogP contribution in [0.2, 0.25) is 0 Å². The van der Waals surface area contributed by atoms with E-state index >= 15 is 0 Å². The average Bonchev–Trinajstić information content (AvgIpc) is 3.29. The van der Waals surface area contributed by atoms with Crippen LogP contribution in [0.3, 0.4) is 0 Å². The quantitative estimate of drug-likeness (QED) is 0.660. The van der Waals surface area contributed by atoms with E-state index in [0.717, 1.165) is 22.4 Å². The summed E-state index contributed by atoms with van der Waals surface area (Å²) in [5.41, 5.74) is 3.69. The van der Waals surface area contributed by atoms with Crippen LogP contribution in [0.5, 0.6) is 0 Å². The minimum absolute atomic E-state index is 0.351. The van der Waals surface area contributed by atoms with Gasteiger partial charge in [0.05, 0.1) is 11.7 Å². The predicted molar refractivity (Wildman–Crippen MR) is 102 cm³/mol. The molecular formula is C20H17NO2S2. The Morgan fingerprint density at radius 2 is 1.68 bits per heavy atom. The van der Waals surface area contributed by atoms with Crippen molar-refractivity contribution in [3.8, 4) is 0 Å². The lowest BCUT2D eigenvalue weighted by atomic mass is 9.98. The molecule has 0 saturated heterocycles. The summed E-state index contributed by atoms with van der Waals surface area (Å²) in [6.45, 7) is 1.89. The van der Waals surface area contributed by atoms with Crippen molar-refractivity contribution in [3.63, 3.8) is 0 Å². The maximum Gasteiger partial charge on any atom is 0.274 e. The third-order valence-corrected chi connectivity index (χ3v) is 7.55. The van der Waals surface area contributed by atoms with Gasteiger partial charge in [-0.25, -0.2) is 8.42 Å².